The van der Waals surface area contributed by atoms with Gasteiger partial charge in [-0.15, -0.1) is 0 Å². The molecule has 2 aromatic carbocycles. The first kappa shape index (κ1) is 31.8. The maximum atomic E-state index is 13.7. The van der Waals surface area contributed by atoms with Crippen LogP contribution in [0.5, 0.6) is 0 Å². The lowest BCUT2D eigenvalue weighted by Gasteiger charge is -2.34. The van der Waals surface area contributed by atoms with Crippen molar-refractivity contribution in [3.05, 3.63) is 89.6 Å². The first-order chi connectivity index (χ1) is 21.5. The molecule has 11 heteroatoms. The summed E-state index contributed by atoms with van der Waals surface area (Å²) in [6, 6.07) is 16.9. The number of nitrogens with one attached hydrogen (secondary N) is 5. The van der Waals surface area contributed by atoms with Gasteiger partial charge >= 0.3 is 6.03 Å². The molecule has 1 aliphatic heterocycles. The third kappa shape index (κ3) is 7.37. The van der Waals surface area contributed by atoms with Crippen LogP contribution in [0.4, 0.5) is 16.3 Å². The maximum absolute atomic E-state index is 13.7. The lowest BCUT2D eigenvalue weighted by Crippen LogP contribution is -2.48. The summed E-state index contributed by atoms with van der Waals surface area (Å²) in [6.45, 7) is 8.68. The van der Waals surface area contributed by atoms with Crippen molar-refractivity contribution in [2.24, 2.45) is 0 Å². The largest absolute Gasteiger partial charge is 0.366 e. The monoisotopic (exact) mass is 612 g/mol. The highest BCUT2D eigenvalue weighted by atomic mass is 16.2. The second-order valence-corrected chi connectivity index (χ2v) is 12.7. The van der Waals surface area contributed by atoms with Gasteiger partial charge in [-0.1, -0.05) is 36.9 Å². The van der Waals surface area contributed by atoms with Crippen LogP contribution < -0.4 is 21.3 Å². The number of rotatable bonds is 10. The number of hydrogen-bond donors (Lipinski definition) is 5. The number of aromatic amines is 1. The number of anilines is 2. The van der Waals surface area contributed by atoms with E-state index in [-0.39, 0.29) is 36.0 Å². The van der Waals surface area contributed by atoms with Gasteiger partial charge in [0.25, 0.3) is 5.91 Å². The van der Waals surface area contributed by atoms with Gasteiger partial charge in [0.15, 0.2) is 5.82 Å². The minimum Gasteiger partial charge on any atom is -0.366 e. The third-order valence-corrected chi connectivity index (χ3v) is 8.77. The average Bonchev–Trinajstić information content (AvgIpc) is 3.55. The summed E-state index contributed by atoms with van der Waals surface area (Å²) in [5.74, 6) is 0.368. The molecule has 0 bridgehead atoms. The van der Waals surface area contributed by atoms with Crippen molar-refractivity contribution in [3.63, 3.8) is 0 Å². The van der Waals surface area contributed by atoms with E-state index in [2.05, 4.69) is 42.9 Å². The summed E-state index contributed by atoms with van der Waals surface area (Å²) in [6.07, 6.45) is 4.66. The van der Waals surface area contributed by atoms with Crippen molar-refractivity contribution in [1.29, 1.82) is 0 Å². The van der Waals surface area contributed by atoms with Gasteiger partial charge in [-0.05, 0) is 89.5 Å². The molecule has 5 N–H and O–H groups in total. The highest BCUT2D eigenvalue weighted by Crippen LogP contribution is 2.41. The Hall–Kier alpha value is -4.64. The van der Waals surface area contributed by atoms with Gasteiger partial charge in [0.1, 0.15) is 0 Å². The van der Waals surface area contributed by atoms with Crippen molar-refractivity contribution >= 4 is 29.4 Å². The number of benzene rings is 2. The van der Waals surface area contributed by atoms with Gasteiger partial charge in [0, 0.05) is 35.4 Å². The Morgan fingerprint density at radius 2 is 1.71 bits per heavy atom. The predicted molar refractivity (Wildman–Crippen MR) is 176 cm³/mol. The molecule has 4 amide bonds. The molecule has 45 heavy (non-hydrogen) atoms. The molecule has 1 aromatic heterocycles. The Balaban J connectivity index is 1.15. The molecule has 2 heterocycles. The van der Waals surface area contributed by atoms with Crippen LogP contribution >= 0.6 is 0 Å². The van der Waals surface area contributed by atoms with Crippen LogP contribution in [0, 0.1) is 0 Å². The molecule has 0 spiro atoms. The van der Waals surface area contributed by atoms with Crippen LogP contribution in [0.15, 0.2) is 67.3 Å². The number of carbonyl (C=O) groups excluding carboxylic acids is 3. The topological polar surface area (TPSA) is 134 Å². The number of carbonyl (C=O) groups is 3. The standard InChI is InChI=1S/C34H44N8O3/c1-6-29(43)35-24-14-12-23(13-15-24)32(44)37-26-18-16-25(17-19-26)36-31-27-20-42(34(2,3)30(27)39-40-31)33(45)38-28(21-41(4)5)22-10-8-7-9-11-22/h6-15,25-26,28H,1,16-21H2,2-5H3,(H,35,43)(H,37,44)(H,38,45)(H2,36,39,40)/t25?,26?,28-/m1/s1. The number of hydrogen-bond acceptors (Lipinski definition) is 6. The Labute approximate surface area is 264 Å². The van der Waals surface area contributed by atoms with Gasteiger partial charge in [-0.25, -0.2) is 4.79 Å². The van der Waals surface area contributed by atoms with Crippen LogP contribution in [-0.2, 0) is 16.9 Å². The minimum atomic E-state index is -0.552. The number of likely N-dealkylation sites (N-methyl/N-ethyl adjacent to an activating group) is 1. The van der Waals surface area contributed by atoms with E-state index in [1.54, 1.807) is 24.3 Å². The molecular formula is C34H44N8O3. The van der Waals surface area contributed by atoms with Gasteiger partial charge < -0.3 is 31.1 Å². The number of nitrogens with zero attached hydrogens (tertiary/aromatic N) is 3. The van der Waals surface area contributed by atoms with Crippen molar-refractivity contribution in [3.8, 4) is 0 Å². The molecule has 11 nitrogen and oxygen atoms in total. The molecule has 0 unspecified atom stereocenters. The van der Waals surface area contributed by atoms with Gasteiger partial charge in [-0.3, -0.25) is 14.7 Å². The van der Waals surface area contributed by atoms with Gasteiger partial charge in [-0.2, -0.15) is 5.10 Å². The SMILES string of the molecule is C=CC(=O)Nc1ccc(C(=O)NC2CCC(Nc3n[nH]c4c3CN(C(=O)N[C@H](CN(C)C)c3ccccc3)C4(C)C)CC2)cc1. The number of aromatic nitrogens is 2. The summed E-state index contributed by atoms with van der Waals surface area (Å²) in [4.78, 5) is 41.9. The van der Waals surface area contributed by atoms with Crippen molar-refractivity contribution in [2.75, 3.05) is 31.3 Å². The van der Waals surface area contributed by atoms with E-state index in [1.165, 1.54) is 6.08 Å². The van der Waals surface area contributed by atoms with E-state index in [0.29, 0.717) is 24.3 Å². The summed E-state index contributed by atoms with van der Waals surface area (Å²) < 4.78 is 0. The van der Waals surface area contributed by atoms with Crippen LogP contribution in [0.1, 0.15) is 72.8 Å². The van der Waals surface area contributed by atoms with E-state index in [1.807, 2.05) is 63.2 Å². The molecule has 1 atom stereocenters. The summed E-state index contributed by atoms with van der Waals surface area (Å²) >= 11 is 0. The van der Waals surface area contributed by atoms with Crippen LogP contribution in [0.3, 0.4) is 0 Å². The summed E-state index contributed by atoms with van der Waals surface area (Å²) in [7, 11) is 4.01. The summed E-state index contributed by atoms with van der Waals surface area (Å²) in [5, 5.41) is 20.5. The number of H-pyrrole nitrogens is 1. The van der Waals surface area contributed by atoms with E-state index in [9.17, 15) is 14.4 Å². The Morgan fingerprint density at radius 3 is 2.36 bits per heavy atom. The normalized spacial score (nSPS) is 19.4. The van der Waals surface area contributed by atoms with E-state index in [4.69, 9.17) is 0 Å². The highest BCUT2D eigenvalue weighted by Gasteiger charge is 2.44. The lowest BCUT2D eigenvalue weighted by molar-refractivity contribution is -0.111. The average molecular weight is 613 g/mol. The second kappa shape index (κ2) is 13.6. The summed E-state index contributed by atoms with van der Waals surface area (Å²) in [5.41, 5.74) is 3.64. The van der Waals surface area contributed by atoms with Crippen LogP contribution in [0.2, 0.25) is 0 Å². The van der Waals surface area contributed by atoms with Crippen LogP contribution in [-0.4, -0.2) is 70.6 Å². The maximum Gasteiger partial charge on any atom is 0.319 e. The van der Waals surface area contributed by atoms with E-state index >= 15 is 0 Å². The smallest absolute Gasteiger partial charge is 0.319 e. The molecule has 1 fully saturated rings. The molecule has 1 aliphatic carbocycles. The number of fused-ring (bicyclic) bond motifs is 1. The zero-order valence-electron chi connectivity index (χ0n) is 26.5. The quantitative estimate of drug-likeness (QED) is 0.210. The van der Waals surface area contributed by atoms with Gasteiger partial charge in [0.05, 0.1) is 23.8 Å². The molecule has 0 saturated heterocycles. The fourth-order valence-corrected chi connectivity index (χ4v) is 6.22. The fraction of sp³-hybridized carbons (Fsp3) is 0.412. The third-order valence-electron chi connectivity index (χ3n) is 8.77. The minimum absolute atomic E-state index is 0.0819. The predicted octanol–water partition coefficient (Wildman–Crippen LogP) is 4.75. The second-order valence-electron chi connectivity index (χ2n) is 12.7. The van der Waals surface area contributed by atoms with E-state index < -0.39 is 5.54 Å². The number of urea groups is 1. The highest BCUT2D eigenvalue weighted by molar-refractivity contribution is 5.99. The molecule has 2 aliphatic rings. The Morgan fingerprint density at radius 1 is 1.04 bits per heavy atom. The fourth-order valence-electron chi connectivity index (χ4n) is 6.22. The molecule has 5 rings (SSSR count). The number of amides is 4. The first-order valence-electron chi connectivity index (χ1n) is 15.5. The Bertz CT molecular complexity index is 1510. The van der Waals surface area contributed by atoms with Gasteiger partial charge in [0.2, 0.25) is 5.91 Å². The molecular weight excluding hydrogens is 568 g/mol. The Kier molecular flexibility index (Phi) is 9.57. The van der Waals surface area contributed by atoms with Crippen molar-refractivity contribution in [1.82, 2.24) is 30.6 Å². The van der Waals surface area contributed by atoms with Crippen LogP contribution in [0.25, 0.3) is 0 Å². The zero-order valence-corrected chi connectivity index (χ0v) is 26.5. The first-order valence-corrected chi connectivity index (χ1v) is 15.5. The molecule has 0 radical (unpaired) electrons. The molecule has 3 aromatic rings. The van der Waals surface area contributed by atoms with Crippen molar-refractivity contribution in [2.45, 2.75) is 69.7 Å². The van der Waals surface area contributed by atoms with E-state index in [0.717, 1.165) is 48.3 Å². The molecule has 238 valence electrons. The van der Waals surface area contributed by atoms with Crippen molar-refractivity contribution < 1.29 is 14.4 Å². The zero-order chi connectivity index (χ0) is 32.1. The molecule has 1 saturated carbocycles. The lowest BCUT2D eigenvalue weighted by atomic mass is 9.90.